The average molecular weight is 449 g/mol. The molecule has 0 aliphatic rings. The molecule has 0 bridgehead atoms. The van der Waals surface area contributed by atoms with E-state index >= 15 is 0 Å². The fraction of sp³-hybridized carbons (Fsp3) is 0.200. The van der Waals surface area contributed by atoms with Crippen molar-refractivity contribution in [1.29, 1.82) is 0 Å². The van der Waals surface area contributed by atoms with Crippen LogP contribution in [-0.2, 0) is 20.2 Å². The SMILES string of the molecule is CN(Cc1c(Cl)cnn1C)C(=O)c1cccc(COc2ccccc2Br)c1. The lowest BCUT2D eigenvalue weighted by Crippen LogP contribution is -2.27. The van der Waals surface area contributed by atoms with Crippen LogP contribution in [0, 0.1) is 0 Å². The molecule has 140 valence electrons. The van der Waals surface area contributed by atoms with Crippen molar-refractivity contribution in [2.45, 2.75) is 13.2 Å². The van der Waals surface area contributed by atoms with Crippen molar-refractivity contribution in [3.8, 4) is 5.75 Å². The first-order valence-corrected chi connectivity index (χ1v) is 9.51. The number of aromatic nitrogens is 2. The molecule has 0 spiro atoms. The van der Waals surface area contributed by atoms with Gasteiger partial charge in [-0.1, -0.05) is 35.9 Å². The number of aryl methyl sites for hydroxylation is 1. The molecule has 0 aliphatic carbocycles. The zero-order valence-electron chi connectivity index (χ0n) is 15.0. The van der Waals surface area contributed by atoms with Crippen LogP contribution in [0.15, 0.2) is 59.2 Å². The molecule has 0 fully saturated rings. The van der Waals surface area contributed by atoms with E-state index in [2.05, 4.69) is 21.0 Å². The van der Waals surface area contributed by atoms with Crippen LogP contribution in [0.2, 0.25) is 5.02 Å². The Bertz CT molecular complexity index is 938. The lowest BCUT2D eigenvalue weighted by Gasteiger charge is -2.18. The molecule has 0 atom stereocenters. The number of hydrogen-bond acceptors (Lipinski definition) is 3. The molecule has 0 saturated heterocycles. The van der Waals surface area contributed by atoms with Crippen molar-refractivity contribution in [1.82, 2.24) is 14.7 Å². The van der Waals surface area contributed by atoms with Crippen LogP contribution in [0.5, 0.6) is 5.75 Å². The van der Waals surface area contributed by atoms with Gasteiger partial charge in [-0.15, -0.1) is 0 Å². The van der Waals surface area contributed by atoms with Crippen molar-refractivity contribution in [3.05, 3.63) is 81.0 Å². The molecule has 0 aliphatic heterocycles. The summed E-state index contributed by atoms with van der Waals surface area (Å²) >= 11 is 9.60. The second-order valence-corrected chi connectivity index (χ2v) is 7.41. The highest BCUT2D eigenvalue weighted by atomic mass is 79.9. The van der Waals surface area contributed by atoms with Gasteiger partial charge in [0.1, 0.15) is 12.4 Å². The summed E-state index contributed by atoms with van der Waals surface area (Å²) in [7, 11) is 3.55. The Morgan fingerprint density at radius 3 is 2.74 bits per heavy atom. The maximum absolute atomic E-state index is 12.8. The van der Waals surface area contributed by atoms with E-state index in [0.717, 1.165) is 21.5 Å². The molecule has 27 heavy (non-hydrogen) atoms. The minimum absolute atomic E-state index is 0.0880. The summed E-state index contributed by atoms with van der Waals surface area (Å²) in [4.78, 5) is 14.4. The number of benzene rings is 2. The second kappa shape index (κ2) is 8.59. The van der Waals surface area contributed by atoms with Gasteiger partial charge in [-0.3, -0.25) is 9.48 Å². The molecule has 1 aromatic heterocycles. The Labute approximate surface area is 171 Å². The highest BCUT2D eigenvalue weighted by Gasteiger charge is 2.16. The third-order valence-electron chi connectivity index (χ3n) is 4.15. The first-order chi connectivity index (χ1) is 13.0. The Kier molecular flexibility index (Phi) is 6.19. The second-order valence-electron chi connectivity index (χ2n) is 6.14. The molecular weight excluding hydrogens is 430 g/mol. The molecular formula is C20H19BrClN3O2. The highest BCUT2D eigenvalue weighted by Crippen LogP contribution is 2.25. The van der Waals surface area contributed by atoms with Gasteiger partial charge in [0.2, 0.25) is 0 Å². The van der Waals surface area contributed by atoms with E-state index in [1.807, 2.05) is 42.5 Å². The fourth-order valence-electron chi connectivity index (χ4n) is 2.65. The van der Waals surface area contributed by atoms with E-state index in [1.54, 1.807) is 35.9 Å². The molecule has 5 nitrogen and oxygen atoms in total. The molecule has 0 N–H and O–H groups in total. The summed E-state index contributed by atoms with van der Waals surface area (Å²) in [6.45, 7) is 0.757. The minimum Gasteiger partial charge on any atom is -0.488 e. The summed E-state index contributed by atoms with van der Waals surface area (Å²) in [6.07, 6.45) is 1.58. The zero-order chi connectivity index (χ0) is 19.4. The summed E-state index contributed by atoms with van der Waals surface area (Å²) in [5.74, 6) is 0.673. The predicted molar refractivity (Wildman–Crippen MR) is 109 cm³/mol. The number of para-hydroxylation sites is 1. The van der Waals surface area contributed by atoms with Crippen molar-refractivity contribution < 1.29 is 9.53 Å². The van der Waals surface area contributed by atoms with Crippen LogP contribution in [0.3, 0.4) is 0 Å². The van der Waals surface area contributed by atoms with Crippen LogP contribution in [0.4, 0.5) is 0 Å². The number of carbonyl (C=O) groups is 1. The third-order valence-corrected chi connectivity index (χ3v) is 5.12. The van der Waals surface area contributed by atoms with Gasteiger partial charge in [-0.2, -0.15) is 5.10 Å². The van der Waals surface area contributed by atoms with Gasteiger partial charge in [0.15, 0.2) is 0 Å². The topological polar surface area (TPSA) is 47.4 Å². The van der Waals surface area contributed by atoms with E-state index in [0.29, 0.717) is 23.7 Å². The number of halogens is 2. The van der Waals surface area contributed by atoms with Crippen LogP contribution in [-0.4, -0.2) is 27.6 Å². The van der Waals surface area contributed by atoms with Crippen LogP contribution in [0.25, 0.3) is 0 Å². The van der Waals surface area contributed by atoms with Crippen LogP contribution in [0.1, 0.15) is 21.6 Å². The van der Waals surface area contributed by atoms with Gasteiger partial charge in [0, 0.05) is 19.7 Å². The Morgan fingerprint density at radius 2 is 2.04 bits per heavy atom. The molecule has 2 aromatic carbocycles. The van der Waals surface area contributed by atoms with Crippen molar-refractivity contribution >= 4 is 33.4 Å². The maximum Gasteiger partial charge on any atom is 0.253 e. The molecule has 1 amide bonds. The Morgan fingerprint density at radius 1 is 1.26 bits per heavy atom. The van der Waals surface area contributed by atoms with Crippen molar-refractivity contribution in [3.63, 3.8) is 0 Å². The smallest absolute Gasteiger partial charge is 0.253 e. The normalized spacial score (nSPS) is 10.7. The zero-order valence-corrected chi connectivity index (χ0v) is 17.4. The molecule has 0 saturated carbocycles. The van der Waals surface area contributed by atoms with Crippen LogP contribution >= 0.6 is 27.5 Å². The van der Waals surface area contributed by atoms with E-state index in [1.165, 1.54) is 0 Å². The first-order valence-electron chi connectivity index (χ1n) is 8.34. The number of carbonyl (C=O) groups excluding carboxylic acids is 1. The number of amides is 1. The first kappa shape index (κ1) is 19.5. The standard InChI is InChI=1S/C20H19BrClN3O2/c1-24(12-18-17(22)11-23-25(18)2)20(26)15-7-5-6-14(10-15)13-27-19-9-4-3-8-16(19)21/h3-11H,12-13H2,1-2H3. The van der Waals surface area contributed by atoms with E-state index in [4.69, 9.17) is 16.3 Å². The van der Waals surface area contributed by atoms with E-state index in [9.17, 15) is 4.79 Å². The van der Waals surface area contributed by atoms with E-state index < -0.39 is 0 Å². The molecule has 1 heterocycles. The molecule has 0 radical (unpaired) electrons. The molecule has 3 rings (SSSR count). The quantitative estimate of drug-likeness (QED) is 0.550. The fourth-order valence-corrected chi connectivity index (χ4v) is 3.27. The van der Waals surface area contributed by atoms with Crippen molar-refractivity contribution in [2.75, 3.05) is 7.05 Å². The van der Waals surface area contributed by atoms with Gasteiger partial charge in [-0.05, 0) is 45.8 Å². The number of hydrogen-bond donors (Lipinski definition) is 0. The number of nitrogens with zero attached hydrogens (tertiary/aromatic N) is 3. The highest BCUT2D eigenvalue weighted by molar-refractivity contribution is 9.10. The van der Waals surface area contributed by atoms with E-state index in [-0.39, 0.29) is 5.91 Å². The summed E-state index contributed by atoms with van der Waals surface area (Å²) in [6, 6.07) is 15.1. The average Bonchev–Trinajstić information content (AvgIpc) is 2.99. The lowest BCUT2D eigenvalue weighted by atomic mass is 10.1. The third kappa shape index (κ3) is 4.70. The molecule has 3 aromatic rings. The van der Waals surface area contributed by atoms with Crippen LogP contribution < -0.4 is 4.74 Å². The largest absolute Gasteiger partial charge is 0.488 e. The Balaban J connectivity index is 1.69. The predicted octanol–water partition coefficient (Wildman–Crippen LogP) is 4.69. The molecule has 0 unspecified atom stereocenters. The summed E-state index contributed by atoms with van der Waals surface area (Å²) < 4.78 is 8.40. The number of ether oxygens (including phenoxy) is 1. The van der Waals surface area contributed by atoms with Gasteiger partial charge in [0.25, 0.3) is 5.91 Å². The van der Waals surface area contributed by atoms with Gasteiger partial charge in [-0.25, -0.2) is 0 Å². The monoisotopic (exact) mass is 447 g/mol. The van der Waals surface area contributed by atoms with Gasteiger partial charge >= 0.3 is 0 Å². The van der Waals surface area contributed by atoms with Crippen molar-refractivity contribution in [2.24, 2.45) is 7.05 Å². The summed E-state index contributed by atoms with van der Waals surface area (Å²) in [5.41, 5.74) is 2.31. The minimum atomic E-state index is -0.0880. The number of rotatable bonds is 6. The van der Waals surface area contributed by atoms with Gasteiger partial charge in [0.05, 0.1) is 27.9 Å². The van der Waals surface area contributed by atoms with Gasteiger partial charge < -0.3 is 9.64 Å². The molecule has 7 heteroatoms. The Hall–Kier alpha value is -2.31. The summed E-state index contributed by atoms with van der Waals surface area (Å²) in [5, 5.41) is 4.65. The maximum atomic E-state index is 12.8. The lowest BCUT2D eigenvalue weighted by molar-refractivity contribution is 0.0782.